The van der Waals surface area contributed by atoms with Crippen LogP contribution >= 0.6 is 0 Å². The molecule has 0 atom stereocenters. The lowest BCUT2D eigenvalue weighted by Crippen LogP contribution is -2.33. The van der Waals surface area contributed by atoms with Gasteiger partial charge in [0.1, 0.15) is 0 Å². The third-order valence-corrected chi connectivity index (χ3v) is 3.55. The molecule has 0 rings (SSSR count). The standard InChI is InChI=1S/C8H17NO3Si/c1-11-13(2,3)12-7-5-4-6-9-8-10/h4-7H2,1-3H3. The van der Waals surface area contributed by atoms with E-state index in [9.17, 15) is 4.79 Å². The average Bonchev–Trinajstić information content (AvgIpc) is 2.11. The number of hydrogen-bond acceptors (Lipinski definition) is 4. The predicted octanol–water partition coefficient (Wildman–Crippen LogP) is 1.47. The molecule has 0 heterocycles. The molecule has 0 amide bonds. The van der Waals surface area contributed by atoms with Gasteiger partial charge in [0, 0.05) is 13.7 Å². The van der Waals surface area contributed by atoms with Crippen molar-refractivity contribution in [2.75, 3.05) is 20.3 Å². The smallest absolute Gasteiger partial charge is 0.331 e. The Labute approximate surface area is 80.2 Å². The fourth-order valence-electron chi connectivity index (χ4n) is 0.715. The van der Waals surface area contributed by atoms with Gasteiger partial charge in [-0.15, -0.1) is 0 Å². The highest BCUT2D eigenvalue weighted by Gasteiger charge is 2.21. The molecule has 0 aromatic carbocycles. The van der Waals surface area contributed by atoms with Crippen molar-refractivity contribution < 1.29 is 13.6 Å². The van der Waals surface area contributed by atoms with E-state index in [1.165, 1.54) is 6.08 Å². The van der Waals surface area contributed by atoms with E-state index < -0.39 is 8.56 Å². The molecule has 0 aromatic rings. The Bertz CT molecular complexity index is 178. The van der Waals surface area contributed by atoms with E-state index in [4.69, 9.17) is 8.85 Å². The van der Waals surface area contributed by atoms with Crippen LogP contribution in [0.15, 0.2) is 4.99 Å². The maximum Gasteiger partial charge on any atom is 0.331 e. The van der Waals surface area contributed by atoms with Gasteiger partial charge in [0.2, 0.25) is 6.08 Å². The topological polar surface area (TPSA) is 47.9 Å². The summed E-state index contributed by atoms with van der Waals surface area (Å²) in [4.78, 5) is 13.2. The second-order valence-corrected chi connectivity index (χ2v) is 6.63. The Morgan fingerprint density at radius 3 is 2.62 bits per heavy atom. The summed E-state index contributed by atoms with van der Waals surface area (Å²) in [5, 5.41) is 0. The molecule has 0 saturated heterocycles. The van der Waals surface area contributed by atoms with Crippen molar-refractivity contribution in [3.05, 3.63) is 0 Å². The number of isocyanates is 1. The van der Waals surface area contributed by atoms with Gasteiger partial charge in [-0.3, -0.25) is 0 Å². The molecular weight excluding hydrogens is 186 g/mol. The van der Waals surface area contributed by atoms with Crippen molar-refractivity contribution in [3.63, 3.8) is 0 Å². The molecule has 0 aliphatic heterocycles. The van der Waals surface area contributed by atoms with E-state index in [2.05, 4.69) is 4.99 Å². The summed E-state index contributed by atoms with van der Waals surface area (Å²) >= 11 is 0. The van der Waals surface area contributed by atoms with Gasteiger partial charge in [0.25, 0.3) is 0 Å². The van der Waals surface area contributed by atoms with Crippen LogP contribution in [0.5, 0.6) is 0 Å². The second-order valence-electron chi connectivity index (χ2n) is 3.13. The van der Waals surface area contributed by atoms with Gasteiger partial charge >= 0.3 is 8.56 Å². The summed E-state index contributed by atoms with van der Waals surface area (Å²) in [6.45, 7) is 5.22. The second kappa shape index (κ2) is 6.97. The number of rotatable bonds is 7. The van der Waals surface area contributed by atoms with Crippen LogP contribution in [-0.2, 0) is 13.6 Å². The van der Waals surface area contributed by atoms with Gasteiger partial charge in [0.15, 0.2) is 0 Å². The molecule has 0 unspecified atom stereocenters. The molecular formula is C8H17NO3Si. The van der Waals surface area contributed by atoms with Crippen LogP contribution in [0, 0.1) is 0 Å². The number of hydrogen-bond donors (Lipinski definition) is 0. The van der Waals surface area contributed by atoms with Gasteiger partial charge in [-0.1, -0.05) is 0 Å². The zero-order chi connectivity index (χ0) is 10.2. The molecule has 0 fully saturated rings. The molecule has 0 aliphatic carbocycles. The monoisotopic (exact) mass is 203 g/mol. The van der Waals surface area contributed by atoms with Crippen LogP contribution in [0.3, 0.4) is 0 Å². The molecule has 0 radical (unpaired) electrons. The summed E-state index contributed by atoms with van der Waals surface area (Å²) < 4.78 is 10.7. The summed E-state index contributed by atoms with van der Waals surface area (Å²) in [5.41, 5.74) is 0. The minimum Gasteiger partial charge on any atom is -0.398 e. The average molecular weight is 203 g/mol. The zero-order valence-corrected chi connectivity index (χ0v) is 9.50. The third kappa shape index (κ3) is 7.86. The third-order valence-electron chi connectivity index (χ3n) is 1.67. The molecule has 4 nitrogen and oxygen atoms in total. The SMILES string of the molecule is CO[Si](C)(C)OCCCCN=C=O. The molecule has 0 aromatic heterocycles. The van der Waals surface area contributed by atoms with E-state index in [0.29, 0.717) is 13.2 Å². The van der Waals surface area contributed by atoms with Crippen LogP contribution in [0.2, 0.25) is 13.1 Å². The van der Waals surface area contributed by atoms with Crippen LogP contribution in [-0.4, -0.2) is 34.9 Å². The number of unbranched alkanes of at least 4 members (excludes halogenated alkanes) is 1. The predicted molar refractivity (Wildman–Crippen MR) is 52.7 cm³/mol. The van der Waals surface area contributed by atoms with Crippen molar-refractivity contribution in [1.29, 1.82) is 0 Å². The molecule has 13 heavy (non-hydrogen) atoms. The Kier molecular flexibility index (Phi) is 6.71. The van der Waals surface area contributed by atoms with Crippen LogP contribution in [0.25, 0.3) is 0 Å². The van der Waals surface area contributed by atoms with Crippen molar-refractivity contribution in [1.82, 2.24) is 0 Å². The molecule has 76 valence electrons. The first-order valence-electron chi connectivity index (χ1n) is 4.35. The largest absolute Gasteiger partial charge is 0.398 e. The highest BCUT2D eigenvalue weighted by Crippen LogP contribution is 2.05. The molecule has 5 heteroatoms. The number of carbonyl (C=O) groups excluding carboxylic acids is 1. The van der Waals surface area contributed by atoms with Crippen LogP contribution in [0.1, 0.15) is 12.8 Å². The van der Waals surface area contributed by atoms with Gasteiger partial charge in [-0.2, -0.15) is 0 Å². The normalized spacial score (nSPS) is 11.0. The van der Waals surface area contributed by atoms with Crippen molar-refractivity contribution >= 4 is 14.6 Å². The lowest BCUT2D eigenvalue weighted by molar-refractivity contribution is 0.207. The van der Waals surface area contributed by atoms with Gasteiger partial charge < -0.3 is 8.85 Å². The Hall–Kier alpha value is -0.483. The summed E-state index contributed by atoms with van der Waals surface area (Å²) in [6, 6.07) is 0. The van der Waals surface area contributed by atoms with Crippen LogP contribution < -0.4 is 0 Å². The van der Waals surface area contributed by atoms with E-state index >= 15 is 0 Å². The van der Waals surface area contributed by atoms with E-state index in [-0.39, 0.29) is 0 Å². The van der Waals surface area contributed by atoms with Crippen molar-refractivity contribution in [2.24, 2.45) is 4.99 Å². The maximum absolute atomic E-state index is 9.71. The summed E-state index contributed by atoms with van der Waals surface area (Å²) in [6.07, 6.45) is 3.28. The Balaban J connectivity index is 3.30. The van der Waals surface area contributed by atoms with E-state index in [0.717, 1.165) is 12.8 Å². The van der Waals surface area contributed by atoms with E-state index in [1.807, 2.05) is 13.1 Å². The molecule has 0 N–H and O–H groups in total. The van der Waals surface area contributed by atoms with E-state index in [1.54, 1.807) is 7.11 Å². The fourth-order valence-corrected chi connectivity index (χ4v) is 1.47. The van der Waals surface area contributed by atoms with Crippen LogP contribution in [0.4, 0.5) is 0 Å². The zero-order valence-electron chi connectivity index (χ0n) is 8.50. The molecule has 0 saturated carbocycles. The van der Waals surface area contributed by atoms with Gasteiger partial charge in [-0.05, 0) is 25.9 Å². The summed E-state index contributed by atoms with van der Waals surface area (Å²) in [5.74, 6) is 0. The highest BCUT2D eigenvalue weighted by molar-refractivity contribution is 6.64. The molecule has 0 aliphatic rings. The Morgan fingerprint density at radius 2 is 2.08 bits per heavy atom. The van der Waals surface area contributed by atoms with Gasteiger partial charge in [-0.25, -0.2) is 9.79 Å². The highest BCUT2D eigenvalue weighted by atomic mass is 28.4. The maximum atomic E-state index is 9.71. The first kappa shape index (κ1) is 12.5. The Morgan fingerprint density at radius 1 is 1.38 bits per heavy atom. The van der Waals surface area contributed by atoms with Gasteiger partial charge in [0.05, 0.1) is 6.54 Å². The fraction of sp³-hybridized carbons (Fsp3) is 0.875. The lowest BCUT2D eigenvalue weighted by Gasteiger charge is -2.19. The lowest BCUT2D eigenvalue weighted by atomic mass is 10.3. The first-order valence-corrected chi connectivity index (χ1v) is 7.17. The number of aliphatic imine (C=N–C) groups is 1. The quantitative estimate of drug-likeness (QED) is 0.272. The minimum absolute atomic E-state index is 0.543. The molecule has 0 spiro atoms. The van der Waals surface area contributed by atoms with Crippen molar-refractivity contribution in [3.8, 4) is 0 Å². The molecule has 0 bridgehead atoms. The number of nitrogens with zero attached hydrogens (tertiary/aromatic N) is 1. The first-order chi connectivity index (χ1) is 6.12. The summed E-state index contributed by atoms with van der Waals surface area (Å²) in [7, 11) is -0.184. The van der Waals surface area contributed by atoms with Crippen molar-refractivity contribution in [2.45, 2.75) is 25.9 Å². The minimum atomic E-state index is -1.85.